The van der Waals surface area contributed by atoms with Crippen LogP contribution in [0.4, 0.5) is 0 Å². The number of nitrogens with zero attached hydrogens (tertiary/aromatic N) is 1. The molecule has 2 rings (SSSR count). The van der Waals surface area contributed by atoms with Crippen molar-refractivity contribution in [1.29, 1.82) is 0 Å². The molecule has 2 N–H and O–H groups in total. The van der Waals surface area contributed by atoms with Gasteiger partial charge in [-0.3, -0.25) is 4.90 Å². The number of aromatic hydroxyl groups is 1. The fourth-order valence-corrected chi connectivity index (χ4v) is 3.11. The topological polar surface area (TPSA) is 35.5 Å². The number of phenols is 1. The largest absolute Gasteiger partial charge is 0.508 e. The third-order valence-electron chi connectivity index (χ3n) is 3.95. The lowest BCUT2D eigenvalue weighted by Gasteiger charge is -2.32. The molecule has 19 heavy (non-hydrogen) atoms. The Kier molecular flexibility index (Phi) is 5.67. The lowest BCUT2D eigenvalue weighted by molar-refractivity contribution is 0.171. The van der Waals surface area contributed by atoms with Crippen LogP contribution in [0.25, 0.3) is 0 Å². The average molecular weight is 327 g/mol. The summed E-state index contributed by atoms with van der Waals surface area (Å²) in [6, 6.07) is 5.66. The van der Waals surface area contributed by atoms with Crippen molar-refractivity contribution >= 4 is 15.9 Å². The SMILES string of the molecule is CNCCC1CCN(Cc2cc(Br)ccc2O)CC1. The molecule has 0 atom stereocenters. The maximum absolute atomic E-state index is 9.88. The van der Waals surface area contributed by atoms with Crippen molar-refractivity contribution in [2.24, 2.45) is 5.92 Å². The van der Waals surface area contributed by atoms with Crippen molar-refractivity contribution in [1.82, 2.24) is 10.2 Å². The Bertz CT molecular complexity index is 403. The fraction of sp³-hybridized carbons (Fsp3) is 0.600. The molecule has 0 saturated carbocycles. The average Bonchev–Trinajstić information content (AvgIpc) is 2.42. The van der Waals surface area contributed by atoms with Crippen LogP contribution in [0.3, 0.4) is 0 Å². The van der Waals surface area contributed by atoms with Gasteiger partial charge in [-0.2, -0.15) is 0 Å². The molecule has 1 aliphatic heterocycles. The summed E-state index contributed by atoms with van der Waals surface area (Å²) in [6.45, 7) is 4.25. The van der Waals surface area contributed by atoms with Crippen LogP contribution in [-0.2, 0) is 6.54 Å². The number of phenolic OH excluding ortho intramolecular Hbond substituents is 1. The first-order chi connectivity index (χ1) is 9.19. The van der Waals surface area contributed by atoms with E-state index in [2.05, 4.69) is 26.1 Å². The van der Waals surface area contributed by atoms with E-state index in [0.717, 1.165) is 42.1 Å². The van der Waals surface area contributed by atoms with Crippen LogP contribution in [0.2, 0.25) is 0 Å². The van der Waals surface area contributed by atoms with E-state index in [0.29, 0.717) is 5.75 Å². The van der Waals surface area contributed by atoms with E-state index in [4.69, 9.17) is 0 Å². The number of piperidine rings is 1. The molecule has 1 aromatic carbocycles. The highest BCUT2D eigenvalue weighted by molar-refractivity contribution is 9.10. The Morgan fingerprint density at radius 2 is 2.11 bits per heavy atom. The molecule has 4 heteroatoms. The molecule has 1 fully saturated rings. The van der Waals surface area contributed by atoms with Crippen molar-refractivity contribution in [3.8, 4) is 5.75 Å². The summed E-state index contributed by atoms with van der Waals surface area (Å²) in [5.74, 6) is 1.26. The Balaban J connectivity index is 1.83. The van der Waals surface area contributed by atoms with Gasteiger partial charge in [0.25, 0.3) is 0 Å². The Morgan fingerprint density at radius 3 is 2.79 bits per heavy atom. The summed E-state index contributed by atoms with van der Waals surface area (Å²) in [7, 11) is 2.02. The number of halogens is 1. The minimum absolute atomic E-state index is 0.403. The van der Waals surface area contributed by atoms with Crippen LogP contribution in [-0.4, -0.2) is 36.7 Å². The zero-order chi connectivity index (χ0) is 13.7. The van der Waals surface area contributed by atoms with Crippen molar-refractivity contribution < 1.29 is 5.11 Å². The molecule has 0 aliphatic carbocycles. The summed E-state index contributed by atoms with van der Waals surface area (Å²) in [5.41, 5.74) is 1.02. The number of likely N-dealkylation sites (tertiary alicyclic amines) is 1. The summed E-state index contributed by atoms with van der Waals surface area (Å²) < 4.78 is 1.03. The van der Waals surface area contributed by atoms with Crippen molar-refractivity contribution in [3.05, 3.63) is 28.2 Å². The van der Waals surface area contributed by atoms with Crippen LogP contribution in [0.15, 0.2) is 22.7 Å². The van der Waals surface area contributed by atoms with Crippen LogP contribution >= 0.6 is 15.9 Å². The molecule has 0 radical (unpaired) electrons. The molecule has 3 nitrogen and oxygen atoms in total. The zero-order valence-corrected chi connectivity index (χ0v) is 13.1. The van der Waals surface area contributed by atoms with Gasteiger partial charge < -0.3 is 10.4 Å². The van der Waals surface area contributed by atoms with Gasteiger partial charge in [-0.05, 0) is 70.1 Å². The van der Waals surface area contributed by atoms with E-state index in [1.54, 1.807) is 6.07 Å². The number of hydrogen-bond acceptors (Lipinski definition) is 3. The second-order valence-electron chi connectivity index (χ2n) is 5.38. The summed E-state index contributed by atoms with van der Waals surface area (Å²) >= 11 is 3.46. The lowest BCUT2D eigenvalue weighted by atomic mass is 9.93. The first-order valence-electron chi connectivity index (χ1n) is 7.03. The van der Waals surface area contributed by atoms with Crippen molar-refractivity contribution in [3.63, 3.8) is 0 Å². The minimum Gasteiger partial charge on any atom is -0.508 e. The molecule has 1 heterocycles. The summed E-state index contributed by atoms with van der Waals surface area (Å²) in [5, 5.41) is 13.1. The second-order valence-corrected chi connectivity index (χ2v) is 6.30. The molecular formula is C15H23BrN2O. The smallest absolute Gasteiger partial charge is 0.120 e. The van der Waals surface area contributed by atoms with Gasteiger partial charge in [-0.15, -0.1) is 0 Å². The Morgan fingerprint density at radius 1 is 1.37 bits per heavy atom. The van der Waals surface area contributed by atoms with E-state index in [9.17, 15) is 5.11 Å². The van der Waals surface area contributed by atoms with Crippen molar-refractivity contribution in [2.45, 2.75) is 25.8 Å². The standard InChI is InChI=1S/C15H23BrN2O/c1-17-7-4-12-5-8-18(9-6-12)11-13-10-14(16)2-3-15(13)19/h2-3,10,12,17,19H,4-9,11H2,1H3. The van der Waals surface area contributed by atoms with Crippen LogP contribution in [0.1, 0.15) is 24.8 Å². The maximum Gasteiger partial charge on any atom is 0.120 e. The van der Waals surface area contributed by atoms with Gasteiger partial charge >= 0.3 is 0 Å². The van der Waals surface area contributed by atoms with Gasteiger partial charge in [0.1, 0.15) is 5.75 Å². The van der Waals surface area contributed by atoms with E-state index in [1.807, 2.05) is 19.2 Å². The molecule has 1 saturated heterocycles. The highest BCUT2D eigenvalue weighted by Gasteiger charge is 2.19. The summed E-state index contributed by atoms with van der Waals surface area (Å²) in [6.07, 6.45) is 3.83. The summed E-state index contributed by atoms with van der Waals surface area (Å²) in [4.78, 5) is 2.44. The van der Waals surface area contributed by atoms with Crippen LogP contribution < -0.4 is 5.32 Å². The molecule has 0 aromatic heterocycles. The van der Waals surface area contributed by atoms with Gasteiger partial charge in [-0.25, -0.2) is 0 Å². The predicted molar refractivity (Wildman–Crippen MR) is 82.4 cm³/mol. The molecule has 1 aromatic rings. The number of rotatable bonds is 5. The number of hydrogen-bond donors (Lipinski definition) is 2. The lowest BCUT2D eigenvalue weighted by Crippen LogP contribution is -2.34. The quantitative estimate of drug-likeness (QED) is 0.873. The highest BCUT2D eigenvalue weighted by atomic mass is 79.9. The number of nitrogens with one attached hydrogen (secondary N) is 1. The third kappa shape index (κ3) is 4.48. The minimum atomic E-state index is 0.403. The normalized spacial score (nSPS) is 17.8. The van der Waals surface area contributed by atoms with E-state index in [-0.39, 0.29) is 0 Å². The maximum atomic E-state index is 9.88. The zero-order valence-electron chi connectivity index (χ0n) is 11.5. The van der Waals surface area contributed by atoms with Crippen molar-refractivity contribution in [2.75, 3.05) is 26.7 Å². The molecule has 0 spiro atoms. The van der Waals surface area contributed by atoms with Crippen LogP contribution in [0.5, 0.6) is 5.75 Å². The molecular weight excluding hydrogens is 304 g/mol. The Hall–Kier alpha value is -0.580. The van der Waals surface area contributed by atoms with Gasteiger partial charge in [0, 0.05) is 16.6 Å². The monoisotopic (exact) mass is 326 g/mol. The molecule has 1 aliphatic rings. The van der Waals surface area contributed by atoms with Gasteiger partial charge in [0.2, 0.25) is 0 Å². The molecule has 0 amide bonds. The highest BCUT2D eigenvalue weighted by Crippen LogP contribution is 2.26. The number of benzene rings is 1. The molecule has 0 bridgehead atoms. The van der Waals surface area contributed by atoms with Crippen LogP contribution in [0, 0.1) is 5.92 Å². The van der Waals surface area contributed by atoms with Gasteiger partial charge in [-0.1, -0.05) is 15.9 Å². The third-order valence-corrected chi connectivity index (χ3v) is 4.44. The van der Waals surface area contributed by atoms with E-state index in [1.165, 1.54) is 19.3 Å². The Labute approximate surface area is 124 Å². The van der Waals surface area contributed by atoms with E-state index < -0.39 is 0 Å². The molecule has 0 unspecified atom stereocenters. The first-order valence-corrected chi connectivity index (χ1v) is 7.82. The van der Waals surface area contributed by atoms with Gasteiger partial charge in [0.15, 0.2) is 0 Å². The fourth-order valence-electron chi connectivity index (χ4n) is 2.70. The molecule has 106 valence electrons. The first kappa shape index (κ1) is 14.8. The predicted octanol–water partition coefficient (Wildman–Crippen LogP) is 2.98. The van der Waals surface area contributed by atoms with Gasteiger partial charge in [0.05, 0.1) is 0 Å². The second kappa shape index (κ2) is 7.27. The van der Waals surface area contributed by atoms with E-state index >= 15 is 0 Å².